The van der Waals surface area contributed by atoms with E-state index in [2.05, 4.69) is 10.3 Å². The molecule has 0 bridgehead atoms. The number of rotatable bonds is 5. The molecule has 0 radical (unpaired) electrons. The van der Waals surface area contributed by atoms with E-state index in [1.54, 1.807) is 12.5 Å². The molecule has 1 atom stereocenters. The molecule has 0 aliphatic rings. The molecule has 0 aliphatic carbocycles. The van der Waals surface area contributed by atoms with Crippen molar-refractivity contribution in [3.8, 4) is 0 Å². The van der Waals surface area contributed by atoms with Gasteiger partial charge in [-0.15, -0.1) is 0 Å². The Hall–Kier alpha value is -1.01. The summed E-state index contributed by atoms with van der Waals surface area (Å²) in [7, 11) is -0.816. The van der Waals surface area contributed by atoms with Crippen molar-refractivity contribution < 1.29 is 4.21 Å². The third-order valence-electron chi connectivity index (χ3n) is 2.09. The fourth-order valence-corrected chi connectivity index (χ4v) is 1.96. The van der Waals surface area contributed by atoms with Crippen LogP contribution in [0.1, 0.15) is 11.1 Å². The van der Waals surface area contributed by atoms with Crippen LogP contribution in [-0.2, 0) is 10.8 Å². The minimum Gasteiger partial charge on any atom is -0.389 e. The first kappa shape index (κ1) is 13.1. The Morgan fingerprint density at radius 1 is 1.69 bits per heavy atom. The van der Waals surface area contributed by atoms with Crippen LogP contribution in [-0.4, -0.2) is 32.7 Å². The summed E-state index contributed by atoms with van der Waals surface area (Å²) in [6.45, 7) is 2.52. The lowest BCUT2D eigenvalue weighted by Crippen LogP contribution is -2.18. The van der Waals surface area contributed by atoms with Crippen LogP contribution >= 0.6 is 12.2 Å². The fourth-order valence-electron chi connectivity index (χ4n) is 1.32. The van der Waals surface area contributed by atoms with Gasteiger partial charge in [0.15, 0.2) is 0 Å². The van der Waals surface area contributed by atoms with Gasteiger partial charge in [-0.25, -0.2) is 4.98 Å². The summed E-state index contributed by atoms with van der Waals surface area (Å²) >= 11 is 4.98. The molecule has 1 aromatic heterocycles. The largest absolute Gasteiger partial charge is 0.389 e. The molecule has 4 nitrogen and oxygen atoms in total. The van der Waals surface area contributed by atoms with Gasteiger partial charge in [0.1, 0.15) is 10.8 Å². The predicted octanol–water partition coefficient (Wildman–Crippen LogP) is 0.815. The molecular weight excluding hydrogens is 242 g/mol. The van der Waals surface area contributed by atoms with Crippen LogP contribution in [0.3, 0.4) is 0 Å². The Labute approximate surface area is 103 Å². The van der Waals surface area contributed by atoms with Gasteiger partial charge in [0.05, 0.1) is 5.56 Å². The van der Waals surface area contributed by atoms with Gasteiger partial charge < -0.3 is 11.1 Å². The zero-order valence-corrected chi connectivity index (χ0v) is 11.0. The van der Waals surface area contributed by atoms with Crippen LogP contribution in [0.4, 0.5) is 5.82 Å². The molecule has 0 aromatic carbocycles. The molecule has 0 amide bonds. The molecular formula is C10H15N3OS2. The lowest BCUT2D eigenvalue weighted by Gasteiger charge is -2.11. The van der Waals surface area contributed by atoms with E-state index < -0.39 is 10.8 Å². The highest BCUT2D eigenvalue weighted by atomic mass is 32.2. The van der Waals surface area contributed by atoms with Crippen LogP contribution in [0.2, 0.25) is 0 Å². The summed E-state index contributed by atoms with van der Waals surface area (Å²) < 4.78 is 10.9. The number of hydrogen-bond acceptors (Lipinski definition) is 4. The summed E-state index contributed by atoms with van der Waals surface area (Å²) in [5.74, 6) is 1.24. The van der Waals surface area contributed by atoms with E-state index in [0.717, 1.165) is 11.1 Å². The average Bonchev–Trinajstić information content (AvgIpc) is 2.16. The normalized spacial score (nSPS) is 12.1. The first-order valence-corrected chi connectivity index (χ1v) is 6.95. The number of aryl methyl sites for hydroxylation is 1. The first-order valence-electron chi connectivity index (χ1n) is 4.81. The Morgan fingerprint density at radius 3 is 2.94 bits per heavy atom. The van der Waals surface area contributed by atoms with E-state index in [4.69, 9.17) is 18.0 Å². The number of pyridine rings is 1. The zero-order chi connectivity index (χ0) is 12.1. The highest BCUT2D eigenvalue weighted by Crippen LogP contribution is 2.15. The summed E-state index contributed by atoms with van der Waals surface area (Å²) in [6.07, 6.45) is 3.36. The number of thiocarbonyl (C=S) groups is 1. The minimum absolute atomic E-state index is 0.325. The van der Waals surface area contributed by atoms with E-state index in [1.807, 2.05) is 13.0 Å². The van der Waals surface area contributed by atoms with Gasteiger partial charge in [-0.3, -0.25) is 4.21 Å². The Kier molecular flexibility index (Phi) is 4.82. The van der Waals surface area contributed by atoms with E-state index in [9.17, 15) is 4.21 Å². The molecule has 0 saturated carbocycles. The quantitative estimate of drug-likeness (QED) is 0.764. The molecule has 0 fully saturated rings. The van der Waals surface area contributed by atoms with Crippen molar-refractivity contribution >= 4 is 33.8 Å². The number of anilines is 1. The molecule has 6 heteroatoms. The summed E-state index contributed by atoms with van der Waals surface area (Å²) in [5, 5.41) is 3.10. The SMILES string of the molecule is Cc1ccnc(NCCS(C)=O)c1C(N)=S. The third kappa shape index (κ3) is 3.53. The number of nitrogens with one attached hydrogen (secondary N) is 1. The van der Waals surface area contributed by atoms with Crippen molar-refractivity contribution in [1.29, 1.82) is 0 Å². The first-order chi connectivity index (χ1) is 7.52. The highest BCUT2D eigenvalue weighted by molar-refractivity contribution is 7.84. The van der Waals surface area contributed by atoms with Gasteiger partial charge in [-0.2, -0.15) is 0 Å². The molecule has 1 heterocycles. The van der Waals surface area contributed by atoms with Gasteiger partial charge in [0, 0.05) is 35.5 Å². The molecule has 3 N–H and O–H groups in total. The van der Waals surface area contributed by atoms with Crippen molar-refractivity contribution in [1.82, 2.24) is 4.98 Å². The molecule has 1 unspecified atom stereocenters. The van der Waals surface area contributed by atoms with Gasteiger partial charge >= 0.3 is 0 Å². The van der Waals surface area contributed by atoms with Gasteiger partial charge in [0.25, 0.3) is 0 Å². The second-order valence-corrected chi connectivity index (χ2v) is 5.41. The summed E-state index contributed by atoms with van der Waals surface area (Å²) in [6, 6.07) is 1.86. The average molecular weight is 257 g/mol. The maximum atomic E-state index is 10.9. The van der Waals surface area contributed by atoms with Crippen molar-refractivity contribution in [2.45, 2.75) is 6.92 Å². The van der Waals surface area contributed by atoms with Crippen LogP contribution in [0.5, 0.6) is 0 Å². The summed E-state index contributed by atoms with van der Waals surface area (Å²) in [5.41, 5.74) is 7.39. The van der Waals surface area contributed by atoms with Crippen molar-refractivity contribution in [2.75, 3.05) is 23.9 Å². The fraction of sp³-hybridized carbons (Fsp3) is 0.400. The topological polar surface area (TPSA) is 68.0 Å². The number of nitrogens with two attached hydrogens (primary N) is 1. The van der Waals surface area contributed by atoms with Crippen molar-refractivity contribution in [3.05, 3.63) is 23.4 Å². The molecule has 88 valence electrons. The maximum absolute atomic E-state index is 10.9. The third-order valence-corrected chi connectivity index (χ3v) is 3.07. The Morgan fingerprint density at radius 2 is 2.38 bits per heavy atom. The molecule has 0 saturated heterocycles. The molecule has 0 spiro atoms. The van der Waals surface area contributed by atoms with Crippen LogP contribution < -0.4 is 11.1 Å². The standard InChI is InChI=1S/C10H15N3OS2/c1-7-3-4-12-10(8(7)9(11)15)13-5-6-16(2)14/h3-4H,5-6H2,1-2H3,(H2,11,15)(H,12,13). The van der Waals surface area contributed by atoms with Crippen molar-refractivity contribution in [2.24, 2.45) is 5.73 Å². The monoisotopic (exact) mass is 257 g/mol. The molecule has 1 aromatic rings. The lowest BCUT2D eigenvalue weighted by molar-refractivity contribution is 0.687. The van der Waals surface area contributed by atoms with Crippen LogP contribution in [0.25, 0.3) is 0 Å². The number of nitrogens with zero attached hydrogens (tertiary/aromatic N) is 1. The smallest absolute Gasteiger partial charge is 0.136 e. The Bertz CT molecular complexity index is 421. The molecule has 16 heavy (non-hydrogen) atoms. The number of hydrogen-bond donors (Lipinski definition) is 2. The van der Waals surface area contributed by atoms with E-state index in [0.29, 0.717) is 23.1 Å². The van der Waals surface area contributed by atoms with E-state index in [-0.39, 0.29) is 0 Å². The number of aromatic nitrogens is 1. The highest BCUT2D eigenvalue weighted by Gasteiger charge is 2.09. The second-order valence-electron chi connectivity index (χ2n) is 3.42. The van der Waals surface area contributed by atoms with Crippen LogP contribution in [0.15, 0.2) is 12.3 Å². The Balaban J connectivity index is 2.83. The summed E-state index contributed by atoms with van der Waals surface area (Å²) in [4.78, 5) is 4.50. The van der Waals surface area contributed by atoms with Crippen LogP contribution in [0, 0.1) is 6.92 Å². The van der Waals surface area contributed by atoms with E-state index in [1.165, 1.54) is 0 Å². The lowest BCUT2D eigenvalue weighted by atomic mass is 10.1. The zero-order valence-electron chi connectivity index (χ0n) is 9.32. The molecule has 1 rings (SSSR count). The maximum Gasteiger partial charge on any atom is 0.136 e. The predicted molar refractivity (Wildman–Crippen MR) is 72.3 cm³/mol. The van der Waals surface area contributed by atoms with E-state index >= 15 is 0 Å². The van der Waals surface area contributed by atoms with Gasteiger partial charge in [0.2, 0.25) is 0 Å². The van der Waals surface area contributed by atoms with Gasteiger partial charge in [-0.05, 0) is 18.6 Å². The second kappa shape index (κ2) is 5.91. The molecule has 0 aliphatic heterocycles. The minimum atomic E-state index is -0.816. The van der Waals surface area contributed by atoms with Crippen molar-refractivity contribution in [3.63, 3.8) is 0 Å². The van der Waals surface area contributed by atoms with Gasteiger partial charge in [-0.1, -0.05) is 12.2 Å².